The number of halogens is 2. The van der Waals surface area contributed by atoms with Crippen molar-refractivity contribution in [1.29, 1.82) is 0 Å². The van der Waals surface area contributed by atoms with Crippen LogP contribution in [0.4, 0.5) is 5.95 Å². The van der Waals surface area contributed by atoms with Gasteiger partial charge in [0.15, 0.2) is 0 Å². The van der Waals surface area contributed by atoms with Gasteiger partial charge in [-0.1, -0.05) is 19.6 Å². The summed E-state index contributed by atoms with van der Waals surface area (Å²) in [6, 6.07) is 1.18. The monoisotopic (exact) mass is 438 g/mol. The molecule has 8 heteroatoms. The average Bonchev–Trinajstić information content (AvgIpc) is 2.71. The first-order valence-corrected chi connectivity index (χ1v) is 12.6. The van der Waals surface area contributed by atoms with E-state index >= 15 is 0 Å². The fourth-order valence-electron chi connectivity index (χ4n) is 2.15. The summed E-state index contributed by atoms with van der Waals surface area (Å²) < 4.78 is 9.77. The minimum absolute atomic E-state index is 0.545. The molecule has 120 valence electrons. The Balaban J connectivity index is 2.00. The molecule has 0 aliphatic carbocycles. The van der Waals surface area contributed by atoms with Gasteiger partial charge >= 0.3 is 0 Å². The summed E-state index contributed by atoms with van der Waals surface area (Å²) in [4.78, 5) is 6.92. The Morgan fingerprint density at radius 3 is 2.52 bits per heavy atom. The second kappa shape index (κ2) is 7.59. The number of anilines is 1. The zero-order valence-corrected chi connectivity index (χ0v) is 17.1. The highest BCUT2D eigenvalue weighted by Gasteiger charge is 2.21. The van der Waals surface area contributed by atoms with Crippen LogP contribution in [0.3, 0.4) is 0 Å². The summed E-state index contributed by atoms with van der Waals surface area (Å²) in [6.07, 6.45) is 0. The lowest BCUT2D eigenvalue weighted by atomic mass is 10.4. The molecule has 1 aromatic heterocycles. The summed E-state index contributed by atoms with van der Waals surface area (Å²) in [7, 11) is -1.04. The van der Waals surface area contributed by atoms with E-state index in [-0.39, 0.29) is 0 Å². The molecule has 5 nitrogen and oxygen atoms in total. The molecule has 2 rings (SSSR count). The highest BCUT2D eigenvalue weighted by atomic mass is 79.9. The van der Waals surface area contributed by atoms with Crippen LogP contribution in [0.5, 0.6) is 0 Å². The first-order chi connectivity index (χ1) is 9.88. The lowest BCUT2D eigenvalue weighted by molar-refractivity contribution is 0.0864. The van der Waals surface area contributed by atoms with Crippen molar-refractivity contribution >= 4 is 45.9 Å². The van der Waals surface area contributed by atoms with E-state index in [2.05, 4.69) is 71.3 Å². The van der Waals surface area contributed by atoms with Crippen molar-refractivity contribution in [2.75, 3.05) is 37.7 Å². The van der Waals surface area contributed by atoms with Gasteiger partial charge in [-0.05, 0) is 37.9 Å². The number of ether oxygens (including phenoxy) is 1. The summed E-state index contributed by atoms with van der Waals surface area (Å²) in [6.45, 7) is 12.4. The molecule has 0 unspecified atom stereocenters. The molecular formula is C13H24Br2N4OSi. The van der Waals surface area contributed by atoms with Gasteiger partial charge in [-0.3, -0.25) is 4.57 Å². The molecule has 0 spiro atoms. The average molecular weight is 440 g/mol. The topological polar surface area (TPSA) is 42.3 Å². The van der Waals surface area contributed by atoms with Crippen LogP contribution < -0.4 is 10.2 Å². The van der Waals surface area contributed by atoms with Gasteiger partial charge in [0.05, 0.1) is 0 Å². The number of nitrogens with one attached hydrogen (secondary N) is 1. The van der Waals surface area contributed by atoms with Gasteiger partial charge in [-0.2, -0.15) is 0 Å². The van der Waals surface area contributed by atoms with Crippen molar-refractivity contribution in [2.24, 2.45) is 0 Å². The normalized spacial score (nSPS) is 16.5. The summed E-state index contributed by atoms with van der Waals surface area (Å²) >= 11 is 7.10. The maximum Gasteiger partial charge on any atom is 0.209 e. The van der Waals surface area contributed by atoms with Crippen molar-refractivity contribution in [2.45, 2.75) is 32.4 Å². The second-order valence-electron chi connectivity index (χ2n) is 6.51. The van der Waals surface area contributed by atoms with E-state index in [1.54, 1.807) is 0 Å². The van der Waals surface area contributed by atoms with Crippen LogP contribution in [0.15, 0.2) is 9.21 Å². The molecule has 0 amide bonds. The molecule has 0 atom stereocenters. The van der Waals surface area contributed by atoms with E-state index in [1.165, 1.54) is 6.04 Å². The number of aromatic nitrogens is 2. The Labute approximate surface area is 144 Å². The van der Waals surface area contributed by atoms with E-state index in [0.29, 0.717) is 6.73 Å². The van der Waals surface area contributed by atoms with Gasteiger partial charge in [-0.25, -0.2) is 4.98 Å². The molecule has 0 saturated carbocycles. The Morgan fingerprint density at radius 2 is 1.90 bits per heavy atom. The highest BCUT2D eigenvalue weighted by molar-refractivity contribution is 9.13. The quantitative estimate of drug-likeness (QED) is 0.546. The highest BCUT2D eigenvalue weighted by Crippen LogP contribution is 2.29. The first-order valence-electron chi connectivity index (χ1n) is 7.33. The Hall–Kier alpha value is 0.107. The van der Waals surface area contributed by atoms with Crippen LogP contribution in [-0.2, 0) is 11.5 Å². The smallest absolute Gasteiger partial charge is 0.209 e. The molecule has 1 aromatic rings. The maximum atomic E-state index is 5.89. The second-order valence-corrected chi connectivity index (χ2v) is 13.6. The molecule has 0 bridgehead atoms. The Morgan fingerprint density at radius 1 is 1.24 bits per heavy atom. The lowest BCUT2D eigenvalue weighted by Crippen LogP contribution is -2.44. The van der Waals surface area contributed by atoms with E-state index in [1.807, 2.05) is 0 Å². The Bertz CT molecular complexity index is 469. The van der Waals surface area contributed by atoms with Crippen LogP contribution >= 0.6 is 31.9 Å². The van der Waals surface area contributed by atoms with Crippen LogP contribution in [0.2, 0.25) is 25.7 Å². The summed E-state index contributed by atoms with van der Waals surface area (Å²) in [5, 5.41) is 3.37. The first kappa shape index (κ1) is 17.5. The van der Waals surface area contributed by atoms with Gasteiger partial charge in [-0.15, -0.1) is 0 Å². The van der Waals surface area contributed by atoms with E-state index < -0.39 is 8.07 Å². The largest absolute Gasteiger partial charge is 0.361 e. The van der Waals surface area contributed by atoms with Crippen molar-refractivity contribution in [3.8, 4) is 0 Å². The van der Waals surface area contributed by atoms with Crippen molar-refractivity contribution in [1.82, 2.24) is 14.9 Å². The molecular weight excluding hydrogens is 416 g/mol. The van der Waals surface area contributed by atoms with Crippen molar-refractivity contribution in [3.05, 3.63) is 9.21 Å². The maximum absolute atomic E-state index is 5.89. The molecule has 1 aliphatic heterocycles. The van der Waals surface area contributed by atoms with Gasteiger partial charge < -0.3 is 15.0 Å². The van der Waals surface area contributed by atoms with E-state index in [0.717, 1.165) is 47.9 Å². The van der Waals surface area contributed by atoms with E-state index in [4.69, 9.17) is 4.74 Å². The molecule has 2 heterocycles. The minimum Gasteiger partial charge on any atom is -0.361 e. The van der Waals surface area contributed by atoms with Crippen LogP contribution in [-0.4, -0.2) is 50.4 Å². The third-order valence-electron chi connectivity index (χ3n) is 3.46. The molecule has 1 saturated heterocycles. The van der Waals surface area contributed by atoms with Gasteiger partial charge in [0.25, 0.3) is 0 Å². The molecule has 1 fully saturated rings. The number of piperazine rings is 1. The molecule has 1 aliphatic rings. The number of imidazole rings is 1. The third-order valence-corrected chi connectivity index (χ3v) is 7.06. The number of nitrogens with zero attached hydrogens (tertiary/aromatic N) is 3. The standard InChI is InChI=1S/C13H24Br2N4OSi/c1-21(2,3)9-8-20-10-19-12(15)11(14)17-13(19)18-6-4-16-5-7-18/h16H,4-10H2,1-3H3. The van der Waals surface area contributed by atoms with Crippen LogP contribution in [0, 0.1) is 0 Å². The van der Waals surface area contributed by atoms with Crippen LogP contribution in [0.1, 0.15) is 0 Å². The zero-order chi connectivity index (χ0) is 15.5. The molecule has 1 N–H and O–H groups in total. The molecule has 0 aromatic carbocycles. The SMILES string of the molecule is C[Si](C)(C)CCOCn1c(N2CCNCC2)nc(Br)c1Br. The Kier molecular flexibility index (Phi) is 6.31. The van der Waals surface area contributed by atoms with Gasteiger partial charge in [0, 0.05) is 40.9 Å². The van der Waals surface area contributed by atoms with Crippen LogP contribution in [0.25, 0.3) is 0 Å². The molecule has 21 heavy (non-hydrogen) atoms. The number of hydrogen-bond acceptors (Lipinski definition) is 4. The van der Waals surface area contributed by atoms with E-state index in [9.17, 15) is 0 Å². The number of hydrogen-bond donors (Lipinski definition) is 1. The predicted molar refractivity (Wildman–Crippen MR) is 96.8 cm³/mol. The minimum atomic E-state index is -1.04. The van der Waals surface area contributed by atoms with Gasteiger partial charge in [0.1, 0.15) is 15.9 Å². The molecule has 0 radical (unpaired) electrons. The fraction of sp³-hybridized carbons (Fsp3) is 0.769. The summed E-state index contributed by atoms with van der Waals surface area (Å²) in [5.74, 6) is 0.975. The van der Waals surface area contributed by atoms with Crippen molar-refractivity contribution < 1.29 is 4.74 Å². The zero-order valence-electron chi connectivity index (χ0n) is 13.0. The predicted octanol–water partition coefficient (Wildman–Crippen LogP) is 3.13. The lowest BCUT2D eigenvalue weighted by Gasteiger charge is -2.29. The number of rotatable bonds is 6. The third kappa shape index (κ3) is 5.06. The summed E-state index contributed by atoms with van der Waals surface area (Å²) in [5.41, 5.74) is 0. The van der Waals surface area contributed by atoms with Crippen molar-refractivity contribution in [3.63, 3.8) is 0 Å². The fourth-order valence-corrected chi connectivity index (χ4v) is 3.63. The van der Waals surface area contributed by atoms with Gasteiger partial charge in [0.2, 0.25) is 5.95 Å².